The Morgan fingerprint density at radius 2 is 1.83 bits per heavy atom. The lowest BCUT2D eigenvalue weighted by Gasteiger charge is -2.11. The highest BCUT2D eigenvalue weighted by atomic mass is 79.9. The van der Waals surface area contributed by atoms with Crippen LogP contribution in [0.3, 0.4) is 0 Å². The largest absolute Gasteiger partial charge is 0.455 e. The Balaban J connectivity index is 2.40. The molecule has 94 valence electrons. The van der Waals surface area contributed by atoms with Crippen LogP contribution in [0.4, 0.5) is 14.5 Å². The van der Waals surface area contributed by atoms with E-state index in [1.165, 1.54) is 18.2 Å². The van der Waals surface area contributed by atoms with Crippen molar-refractivity contribution in [2.45, 2.75) is 6.92 Å². The van der Waals surface area contributed by atoms with Crippen molar-refractivity contribution >= 4 is 21.6 Å². The van der Waals surface area contributed by atoms with Crippen molar-refractivity contribution < 1.29 is 13.5 Å². The maximum Gasteiger partial charge on any atom is 0.151 e. The second-order valence-electron chi connectivity index (χ2n) is 3.82. The van der Waals surface area contributed by atoms with Gasteiger partial charge in [-0.2, -0.15) is 0 Å². The first kappa shape index (κ1) is 12.8. The lowest BCUT2D eigenvalue weighted by atomic mass is 10.2. The van der Waals surface area contributed by atoms with Gasteiger partial charge in [0.2, 0.25) is 0 Å². The molecule has 18 heavy (non-hydrogen) atoms. The van der Waals surface area contributed by atoms with E-state index in [0.717, 1.165) is 11.6 Å². The molecular weight excluding hydrogens is 304 g/mol. The fourth-order valence-electron chi connectivity index (χ4n) is 1.43. The molecule has 0 amide bonds. The molecule has 0 bridgehead atoms. The molecule has 0 aliphatic carbocycles. The lowest BCUT2D eigenvalue weighted by Crippen LogP contribution is -1.95. The zero-order valence-corrected chi connectivity index (χ0v) is 11.1. The summed E-state index contributed by atoms with van der Waals surface area (Å²) in [4.78, 5) is 0. The molecule has 0 spiro atoms. The molecule has 2 rings (SSSR count). The van der Waals surface area contributed by atoms with Crippen molar-refractivity contribution in [1.82, 2.24) is 0 Å². The summed E-state index contributed by atoms with van der Waals surface area (Å²) >= 11 is 3.04. The SMILES string of the molecule is Cc1ccc(F)cc1Oc1cc(Br)c(F)cc1N. The first-order valence-corrected chi connectivity index (χ1v) is 5.95. The van der Waals surface area contributed by atoms with E-state index >= 15 is 0 Å². The molecule has 0 atom stereocenters. The maximum absolute atomic E-state index is 13.2. The standard InChI is InChI=1S/C13H10BrF2NO/c1-7-2-3-8(15)4-12(7)18-13-5-9(14)10(16)6-11(13)17/h2-6H,17H2,1H3. The van der Waals surface area contributed by atoms with Crippen LogP contribution in [0.5, 0.6) is 11.5 Å². The van der Waals surface area contributed by atoms with Crippen LogP contribution in [0.2, 0.25) is 0 Å². The number of aryl methyl sites for hydroxylation is 1. The van der Waals surface area contributed by atoms with Crippen molar-refractivity contribution in [2.24, 2.45) is 0 Å². The Morgan fingerprint density at radius 3 is 2.56 bits per heavy atom. The summed E-state index contributed by atoms with van der Waals surface area (Å²) in [6, 6.07) is 6.75. The molecule has 0 heterocycles. The number of anilines is 1. The fourth-order valence-corrected chi connectivity index (χ4v) is 1.76. The summed E-state index contributed by atoms with van der Waals surface area (Å²) in [6.45, 7) is 1.78. The second-order valence-corrected chi connectivity index (χ2v) is 4.67. The Morgan fingerprint density at radius 1 is 1.11 bits per heavy atom. The highest BCUT2D eigenvalue weighted by Crippen LogP contribution is 2.33. The van der Waals surface area contributed by atoms with Crippen molar-refractivity contribution in [3.05, 3.63) is 52.0 Å². The minimum Gasteiger partial charge on any atom is -0.455 e. The smallest absolute Gasteiger partial charge is 0.151 e. The van der Waals surface area contributed by atoms with Gasteiger partial charge < -0.3 is 10.5 Å². The van der Waals surface area contributed by atoms with Gasteiger partial charge in [-0.25, -0.2) is 8.78 Å². The van der Waals surface area contributed by atoms with Crippen LogP contribution >= 0.6 is 15.9 Å². The molecule has 5 heteroatoms. The van der Waals surface area contributed by atoms with E-state index < -0.39 is 11.6 Å². The molecular formula is C13H10BrF2NO. The molecule has 0 aliphatic heterocycles. The number of ether oxygens (including phenoxy) is 1. The normalized spacial score (nSPS) is 10.4. The number of nitrogens with two attached hydrogens (primary N) is 1. The van der Waals surface area contributed by atoms with E-state index in [4.69, 9.17) is 10.5 Å². The molecule has 0 saturated carbocycles. The Hall–Kier alpha value is -1.62. The van der Waals surface area contributed by atoms with Gasteiger partial charge in [0.15, 0.2) is 5.75 Å². The molecule has 2 nitrogen and oxygen atoms in total. The van der Waals surface area contributed by atoms with Crippen molar-refractivity contribution in [3.8, 4) is 11.5 Å². The van der Waals surface area contributed by atoms with Gasteiger partial charge in [-0.1, -0.05) is 6.07 Å². The van der Waals surface area contributed by atoms with Gasteiger partial charge in [-0.05, 0) is 34.5 Å². The van der Waals surface area contributed by atoms with Gasteiger partial charge in [-0.15, -0.1) is 0 Å². The lowest BCUT2D eigenvalue weighted by molar-refractivity contribution is 0.473. The van der Waals surface area contributed by atoms with Crippen molar-refractivity contribution in [1.29, 1.82) is 0 Å². The van der Waals surface area contributed by atoms with Crippen LogP contribution in [-0.2, 0) is 0 Å². The quantitative estimate of drug-likeness (QED) is 0.833. The summed E-state index contributed by atoms with van der Waals surface area (Å²) in [5.41, 5.74) is 6.56. The molecule has 0 unspecified atom stereocenters. The average Bonchev–Trinajstić information content (AvgIpc) is 2.30. The number of nitrogen functional groups attached to an aromatic ring is 1. The maximum atomic E-state index is 13.2. The molecule has 0 aliphatic rings. The number of hydrogen-bond donors (Lipinski definition) is 1. The molecule has 0 saturated heterocycles. The Bertz CT molecular complexity index is 602. The summed E-state index contributed by atoms with van der Waals surface area (Å²) in [7, 11) is 0. The van der Waals surface area contributed by atoms with E-state index in [1.807, 2.05) is 0 Å². The van der Waals surface area contributed by atoms with Crippen molar-refractivity contribution in [2.75, 3.05) is 5.73 Å². The van der Waals surface area contributed by atoms with Gasteiger partial charge >= 0.3 is 0 Å². The number of halogens is 3. The highest BCUT2D eigenvalue weighted by molar-refractivity contribution is 9.10. The number of benzene rings is 2. The Labute approximate surface area is 112 Å². The van der Waals surface area contributed by atoms with Crippen LogP contribution < -0.4 is 10.5 Å². The highest BCUT2D eigenvalue weighted by Gasteiger charge is 2.10. The minimum absolute atomic E-state index is 0.152. The number of rotatable bonds is 2. The first-order chi connectivity index (χ1) is 8.47. The molecule has 2 N–H and O–H groups in total. The van der Waals surface area contributed by atoms with Gasteiger partial charge in [-0.3, -0.25) is 0 Å². The van der Waals surface area contributed by atoms with Crippen LogP contribution in [0, 0.1) is 18.6 Å². The zero-order chi connectivity index (χ0) is 13.3. The zero-order valence-electron chi connectivity index (χ0n) is 9.51. The predicted octanol–water partition coefficient (Wildman–Crippen LogP) is 4.41. The topological polar surface area (TPSA) is 35.2 Å². The third-order valence-corrected chi connectivity index (χ3v) is 3.03. The Kier molecular flexibility index (Phi) is 3.52. The second kappa shape index (κ2) is 4.94. The fraction of sp³-hybridized carbons (Fsp3) is 0.0769. The summed E-state index contributed by atoms with van der Waals surface area (Å²) in [6.07, 6.45) is 0. The van der Waals surface area contributed by atoms with Crippen molar-refractivity contribution in [3.63, 3.8) is 0 Å². The minimum atomic E-state index is -0.476. The molecule has 2 aromatic rings. The van der Waals surface area contributed by atoms with Crippen LogP contribution in [0.1, 0.15) is 5.56 Å². The first-order valence-electron chi connectivity index (χ1n) is 5.16. The molecule has 2 aromatic carbocycles. The van der Waals surface area contributed by atoms with E-state index in [-0.39, 0.29) is 15.9 Å². The van der Waals surface area contributed by atoms with E-state index in [9.17, 15) is 8.78 Å². The average molecular weight is 314 g/mol. The predicted molar refractivity (Wildman–Crippen MR) is 69.7 cm³/mol. The van der Waals surface area contributed by atoms with Gasteiger partial charge in [0.1, 0.15) is 17.4 Å². The van der Waals surface area contributed by atoms with Crippen LogP contribution in [0.15, 0.2) is 34.8 Å². The molecule has 0 aromatic heterocycles. The van der Waals surface area contributed by atoms with E-state index in [1.54, 1.807) is 13.0 Å². The number of hydrogen-bond acceptors (Lipinski definition) is 2. The van der Waals surface area contributed by atoms with E-state index in [0.29, 0.717) is 5.75 Å². The third kappa shape index (κ3) is 2.61. The summed E-state index contributed by atoms with van der Waals surface area (Å²) < 4.78 is 32.0. The van der Waals surface area contributed by atoms with Gasteiger partial charge in [0.25, 0.3) is 0 Å². The third-order valence-electron chi connectivity index (χ3n) is 2.42. The van der Waals surface area contributed by atoms with Gasteiger partial charge in [0.05, 0.1) is 10.2 Å². The van der Waals surface area contributed by atoms with Crippen LogP contribution in [0.25, 0.3) is 0 Å². The summed E-state index contributed by atoms with van der Waals surface area (Å²) in [5.74, 6) is -0.261. The van der Waals surface area contributed by atoms with Crippen LogP contribution in [-0.4, -0.2) is 0 Å². The summed E-state index contributed by atoms with van der Waals surface area (Å²) in [5, 5.41) is 0. The van der Waals surface area contributed by atoms with E-state index in [2.05, 4.69) is 15.9 Å². The molecule has 0 fully saturated rings. The monoisotopic (exact) mass is 313 g/mol. The molecule has 0 radical (unpaired) electrons. The van der Waals surface area contributed by atoms with Gasteiger partial charge in [0, 0.05) is 18.2 Å².